The molecule has 90 valence electrons. The van der Waals surface area contributed by atoms with Crippen molar-refractivity contribution in [3.05, 3.63) is 0 Å². The summed E-state index contributed by atoms with van der Waals surface area (Å²) >= 11 is 11.2. The molecule has 0 aromatic heterocycles. The van der Waals surface area contributed by atoms with Gasteiger partial charge in [-0.05, 0) is 19.3 Å². The zero-order valence-electron chi connectivity index (χ0n) is 8.81. The Morgan fingerprint density at radius 1 is 1.31 bits per heavy atom. The van der Waals surface area contributed by atoms with Gasteiger partial charge in [0, 0.05) is 13.1 Å². The minimum absolute atomic E-state index is 0.0106. The van der Waals surface area contributed by atoms with Gasteiger partial charge in [0.05, 0.1) is 12.2 Å². The summed E-state index contributed by atoms with van der Waals surface area (Å²) < 4.78 is 0. The zero-order valence-corrected chi connectivity index (χ0v) is 10.3. The summed E-state index contributed by atoms with van der Waals surface area (Å²) in [5.74, 6) is -0.246. The van der Waals surface area contributed by atoms with Gasteiger partial charge in [0.1, 0.15) is 6.29 Å². The number of fused-ring (bicyclic) bond motifs is 1. The van der Waals surface area contributed by atoms with E-state index in [-0.39, 0.29) is 18.1 Å². The average molecular weight is 265 g/mol. The van der Waals surface area contributed by atoms with E-state index in [4.69, 9.17) is 23.2 Å². The molecular formula is C10H14Cl2N2O2. The summed E-state index contributed by atoms with van der Waals surface area (Å²) in [5, 5.41) is 0. The highest BCUT2D eigenvalue weighted by molar-refractivity contribution is 6.53. The molecule has 0 radical (unpaired) electrons. The minimum atomic E-state index is -1.00. The van der Waals surface area contributed by atoms with Crippen LogP contribution >= 0.6 is 23.2 Å². The van der Waals surface area contributed by atoms with E-state index in [1.807, 2.05) is 0 Å². The van der Waals surface area contributed by atoms with E-state index in [0.717, 1.165) is 32.1 Å². The number of hydrogen-bond donors (Lipinski definition) is 0. The lowest BCUT2D eigenvalue weighted by Crippen LogP contribution is -2.56. The van der Waals surface area contributed by atoms with Crippen LogP contribution in [-0.2, 0) is 9.59 Å². The monoisotopic (exact) mass is 264 g/mol. The Bertz CT molecular complexity index is 299. The molecule has 0 aromatic rings. The van der Waals surface area contributed by atoms with Gasteiger partial charge < -0.3 is 9.69 Å². The standard InChI is InChI=1S/C10H14Cl2N2O2/c11-9(12)10(16)14-5-1-4-13-7(6-15)2-3-8(13)14/h6-9H,1-5H2. The lowest BCUT2D eigenvalue weighted by Gasteiger charge is -2.41. The lowest BCUT2D eigenvalue weighted by molar-refractivity contribution is -0.139. The highest BCUT2D eigenvalue weighted by atomic mass is 35.5. The van der Waals surface area contributed by atoms with E-state index in [1.54, 1.807) is 4.90 Å². The van der Waals surface area contributed by atoms with Crippen LogP contribution in [0.15, 0.2) is 0 Å². The molecule has 16 heavy (non-hydrogen) atoms. The summed E-state index contributed by atoms with van der Waals surface area (Å²) in [5.41, 5.74) is 0. The van der Waals surface area contributed by atoms with Crippen LogP contribution in [0.2, 0.25) is 0 Å². The predicted octanol–water partition coefficient (Wildman–Crippen LogP) is 1.01. The van der Waals surface area contributed by atoms with Crippen LogP contribution in [0, 0.1) is 0 Å². The highest BCUT2D eigenvalue weighted by Crippen LogP contribution is 2.30. The lowest BCUT2D eigenvalue weighted by atomic mass is 10.2. The van der Waals surface area contributed by atoms with Crippen LogP contribution in [0.25, 0.3) is 0 Å². The SMILES string of the molecule is O=CC1CCC2N(C(=O)C(Cl)Cl)CCCN12. The molecule has 6 heteroatoms. The van der Waals surface area contributed by atoms with Crippen LogP contribution in [0.4, 0.5) is 0 Å². The maximum absolute atomic E-state index is 11.8. The van der Waals surface area contributed by atoms with Crippen LogP contribution in [0.5, 0.6) is 0 Å². The van der Waals surface area contributed by atoms with Crippen molar-refractivity contribution in [1.82, 2.24) is 9.80 Å². The molecule has 2 aliphatic heterocycles. The van der Waals surface area contributed by atoms with Crippen molar-refractivity contribution in [2.75, 3.05) is 13.1 Å². The second-order valence-electron chi connectivity index (χ2n) is 4.19. The molecule has 2 unspecified atom stereocenters. The van der Waals surface area contributed by atoms with Crippen molar-refractivity contribution in [3.63, 3.8) is 0 Å². The quantitative estimate of drug-likeness (QED) is 0.552. The molecule has 2 aliphatic rings. The molecule has 2 atom stereocenters. The molecule has 0 spiro atoms. The normalized spacial score (nSPS) is 30.6. The predicted molar refractivity (Wildman–Crippen MR) is 61.4 cm³/mol. The number of aldehydes is 1. The largest absolute Gasteiger partial charge is 0.325 e. The summed E-state index contributed by atoms with van der Waals surface area (Å²) in [4.78, 5) is 25.4. The fraction of sp³-hybridized carbons (Fsp3) is 0.800. The third kappa shape index (κ3) is 2.06. The van der Waals surface area contributed by atoms with Gasteiger partial charge in [-0.25, -0.2) is 0 Å². The zero-order chi connectivity index (χ0) is 11.7. The Hall–Kier alpha value is -0.320. The molecule has 2 rings (SSSR count). The van der Waals surface area contributed by atoms with Gasteiger partial charge in [-0.1, -0.05) is 23.2 Å². The number of carbonyl (C=O) groups is 2. The Labute approximate surface area is 104 Å². The Kier molecular flexibility index (Phi) is 3.72. The second-order valence-corrected chi connectivity index (χ2v) is 5.28. The van der Waals surface area contributed by atoms with Gasteiger partial charge in [0.15, 0.2) is 4.84 Å². The highest BCUT2D eigenvalue weighted by Gasteiger charge is 2.41. The molecule has 0 N–H and O–H groups in total. The molecule has 0 bridgehead atoms. The van der Waals surface area contributed by atoms with Gasteiger partial charge in [-0.15, -0.1) is 0 Å². The maximum Gasteiger partial charge on any atom is 0.257 e. The number of nitrogens with zero attached hydrogens (tertiary/aromatic N) is 2. The molecule has 2 saturated heterocycles. The number of rotatable bonds is 2. The molecule has 0 saturated carbocycles. The van der Waals surface area contributed by atoms with E-state index in [1.165, 1.54) is 0 Å². The van der Waals surface area contributed by atoms with Crippen molar-refractivity contribution < 1.29 is 9.59 Å². The average Bonchev–Trinajstić information content (AvgIpc) is 2.70. The fourth-order valence-electron chi connectivity index (χ4n) is 2.62. The number of carbonyl (C=O) groups excluding carboxylic acids is 2. The van der Waals surface area contributed by atoms with E-state index >= 15 is 0 Å². The van der Waals surface area contributed by atoms with Crippen molar-refractivity contribution in [1.29, 1.82) is 0 Å². The molecule has 2 fully saturated rings. The molecule has 1 amide bonds. The smallest absolute Gasteiger partial charge is 0.257 e. The van der Waals surface area contributed by atoms with Gasteiger partial charge in [0.25, 0.3) is 5.91 Å². The number of amides is 1. The van der Waals surface area contributed by atoms with Crippen molar-refractivity contribution in [3.8, 4) is 0 Å². The van der Waals surface area contributed by atoms with Crippen LogP contribution in [0.3, 0.4) is 0 Å². The minimum Gasteiger partial charge on any atom is -0.325 e. The number of hydrogen-bond acceptors (Lipinski definition) is 3. The van der Waals surface area contributed by atoms with Gasteiger partial charge in [-0.3, -0.25) is 9.69 Å². The van der Waals surface area contributed by atoms with Crippen molar-refractivity contribution >= 4 is 35.4 Å². The summed E-state index contributed by atoms with van der Waals surface area (Å²) in [6.45, 7) is 1.55. The first kappa shape index (κ1) is 12.1. The van der Waals surface area contributed by atoms with E-state index < -0.39 is 4.84 Å². The van der Waals surface area contributed by atoms with Gasteiger partial charge >= 0.3 is 0 Å². The third-order valence-corrected chi connectivity index (χ3v) is 3.70. The van der Waals surface area contributed by atoms with Gasteiger partial charge in [-0.2, -0.15) is 0 Å². The first-order valence-electron chi connectivity index (χ1n) is 5.45. The third-order valence-electron chi connectivity index (χ3n) is 3.33. The Morgan fingerprint density at radius 3 is 2.69 bits per heavy atom. The molecular weight excluding hydrogens is 251 g/mol. The molecule has 0 aromatic carbocycles. The van der Waals surface area contributed by atoms with E-state index in [2.05, 4.69) is 4.90 Å². The van der Waals surface area contributed by atoms with Gasteiger partial charge in [0.2, 0.25) is 0 Å². The topological polar surface area (TPSA) is 40.6 Å². The maximum atomic E-state index is 11.8. The molecule has 2 heterocycles. The van der Waals surface area contributed by atoms with E-state index in [9.17, 15) is 9.59 Å². The van der Waals surface area contributed by atoms with Crippen molar-refractivity contribution in [2.45, 2.75) is 36.3 Å². The van der Waals surface area contributed by atoms with Crippen molar-refractivity contribution in [2.24, 2.45) is 0 Å². The second kappa shape index (κ2) is 4.90. The van der Waals surface area contributed by atoms with Crippen LogP contribution < -0.4 is 0 Å². The first-order chi connectivity index (χ1) is 7.65. The summed E-state index contributed by atoms with van der Waals surface area (Å²) in [6.07, 6.45) is 3.49. The molecule has 0 aliphatic carbocycles. The number of alkyl halides is 2. The Balaban J connectivity index is 2.11. The number of halogens is 2. The fourth-order valence-corrected chi connectivity index (χ4v) is 2.87. The summed E-state index contributed by atoms with van der Waals surface area (Å²) in [7, 11) is 0. The first-order valence-corrected chi connectivity index (χ1v) is 6.32. The van der Waals surface area contributed by atoms with Crippen LogP contribution in [-0.4, -0.2) is 52.1 Å². The Morgan fingerprint density at radius 2 is 2.06 bits per heavy atom. The summed E-state index contributed by atoms with van der Waals surface area (Å²) in [6, 6.07) is -0.0512. The van der Waals surface area contributed by atoms with Crippen LogP contribution in [0.1, 0.15) is 19.3 Å². The van der Waals surface area contributed by atoms with E-state index in [0.29, 0.717) is 6.54 Å². The molecule has 4 nitrogen and oxygen atoms in total.